The number of hydrogen-bond acceptors (Lipinski definition) is 4. The number of ether oxygens (including phenoxy) is 1. The van der Waals surface area contributed by atoms with Gasteiger partial charge < -0.3 is 19.4 Å². The predicted octanol–water partition coefficient (Wildman–Crippen LogP) is 6.23. The Bertz CT molecular complexity index is 1240. The van der Waals surface area contributed by atoms with Gasteiger partial charge in [-0.3, -0.25) is 4.98 Å². The van der Waals surface area contributed by atoms with Crippen LogP contribution in [0.15, 0.2) is 89.5 Å². The van der Waals surface area contributed by atoms with Crippen molar-refractivity contribution in [2.24, 2.45) is 0 Å². The zero-order valence-corrected chi connectivity index (χ0v) is 19.4. The lowest BCUT2D eigenvalue weighted by atomic mass is 10.0. The van der Waals surface area contributed by atoms with Gasteiger partial charge in [-0.05, 0) is 86.7 Å². The highest BCUT2D eigenvalue weighted by molar-refractivity contribution is 7.80. The van der Waals surface area contributed by atoms with Crippen LogP contribution in [0.2, 0.25) is 0 Å². The summed E-state index contributed by atoms with van der Waals surface area (Å²) in [6.07, 6.45) is 1.80. The summed E-state index contributed by atoms with van der Waals surface area (Å²) in [6, 6.07) is 26.0. The van der Waals surface area contributed by atoms with Crippen LogP contribution in [0.3, 0.4) is 0 Å². The fourth-order valence-electron chi connectivity index (χ4n) is 4.18. The van der Waals surface area contributed by atoms with Crippen LogP contribution in [0.1, 0.15) is 36.0 Å². The van der Waals surface area contributed by atoms with Gasteiger partial charge in [0.05, 0.1) is 18.3 Å². The number of furan rings is 1. The maximum Gasteiger partial charge on any atom is 0.174 e. The monoisotopic (exact) mass is 455 g/mol. The van der Waals surface area contributed by atoms with Gasteiger partial charge in [-0.15, -0.1) is 0 Å². The van der Waals surface area contributed by atoms with Gasteiger partial charge in [-0.25, -0.2) is 0 Å². The van der Waals surface area contributed by atoms with Gasteiger partial charge in [0.15, 0.2) is 5.11 Å². The number of aryl methyl sites for hydroxylation is 1. The van der Waals surface area contributed by atoms with Crippen molar-refractivity contribution in [1.29, 1.82) is 0 Å². The van der Waals surface area contributed by atoms with Gasteiger partial charge in [-0.2, -0.15) is 0 Å². The standard InChI is InChI=1S/C27H25N3O2S/c1-3-31-21-13-9-19(10-14-21)23-15-16-24(32-23)26-25(22-6-4-5-17-28-22)29-27(33)30(26)20-11-7-18(2)8-12-20/h4-17,25-26H,3H2,1-2H3,(H,29,33). The smallest absolute Gasteiger partial charge is 0.174 e. The van der Waals surface area contributed by atoms with Gasteiger partial charge >= 0.3 is 0 Å². The van der Waals surface area contributed by atoms with Gasteiger partial charge in [0.2, 0.25) is 0 Å². The SMILES string of the molecule is CCOc1ccc(-c2ccc(C3C(c4ccccn4)NC(=S)N3c3ccc(C)cc3)o2)cc1. The maximum absolute atomic E-state index is 6.42. The molecule has 4 aromatic rings. The fourth-order valence-corrected chi connectivity index (χ4v) is 4.52. The predicted molar refractivity (Wildman–Crippen MR) is 134 cm³/mol. The first-order chi connectivity index (χ1) is 16.1. The van der Waals surface area contributed by atoms with E-state index in [0.29, 0.717) is 11.7 Å². The average molecular weight is 456 g/mol. The average Bonchev–Trinajstić information content (AvgIpc) is 3.46. The molecule has 0 saturated carbocycles. The minimum absolute atomic E-state index is 0.140. The quantitative estimate of drug-likeness (QED) is 0.348. The summed E-state index contributed by atoms with van der Waals surface area (Å²) in [7, 11) is 0. The number of nitrogens with one attached hydrogen (secondary N) is 1. The Kier molecular flexibility index (Phi) is 5.84. The molecule has 2 aromatic heterocycles. The lowest BCUT2D eigenvalue weighted by molar-refractivity contribution is 0.340. The molecular weight excluding hydrogens is 430 g/mol. The van der Waals surface area contributed by atoms with Gasteiger partial charge in [0, 0.05) is 17.4 Å². The molecule has 1 aliphatic rings. The molecule has 1 aliphatic heterocycles. The molecule has 0 amide bonds. The van der Waals surface area contributed by atoms with E-state index in [1.165, 1.54) is 5.56 Å². The largest absolute Gasteiger partial charge is 0.494 e. The van der Waals surface area contributed by atoms with Crippen molar-refractivity contribution in [3.63, 3.8) is 0 Å². The second kappa shape index (κ2) is 9.08. The summed E-state index contributed by atoms with van der Waals surface area (Å²) >= 11 is 5.78. The Labute approximate surface area is 199 Å². The number of aromatic nitrogens is 1. The lowest BCUT2D eigenvalue weighted by Crippen LogP contribution is -2.29. The molecule has 6 heteroatoms. The van der Waals surface area contributed by atoms with Crippen molar-refractivity contribution in [3.8, 4) is 17.1 Å². The highest BCUT2D eigenvalue weighted by atomic mass is 32.1. The van der Waals surface area contributed by atoms with E-state index in [0.717, 1.165) is 34.2 Å². The molecule has 0 spiro atoms. The van der Waals surface area contributed by atoms with Crippen molar-refractivity contribution < 1.29 is 9.15 Å². The number of thiocarbonyl (C=S) groups is 1. The second-order valence-corrected chi connectivity index (χ2v) is 8.38. The summed E-state index contributed by atoms with van der Waals surface area (Å²) in [5.74, 6) is 2.47. The normalized spacial score (nSPS) is 17.8. The summed E-state index contributed by atoms with van der Waals surface area (Å²) < 4.78 is 12.0. The van der Waals surface area contributed by atoms with Crippen molar-refractivity contribution >= 4 is 23.0 Å². The third-order valence-corrected chi connectivity index (χ3v) is 6.09. The number of pyridine rings is 1. The van der Waals surface area contributed by atoms with Crippen LogP contribution in [-0.2, 0) is 0 Å². The van der Waals surface area contributed by atoms with E-state index < -0.39 is 0 Å². The molecule has 5 rings (SSSR count). The third kappa shape index (κ3) is 4.22. The molecule has 2 atom stereocenters. The van der Waals surface area contributed by atoms with Crippen LogP contribution in [0.5, 0.6) is 5.75 Å². The molecule has 0 bridgehead atoms. The van der Waals surface area contributed by atoms with Crippen LogP contribution in [0.25, 0.3) is 11.3 Å². The maximum atomic E-state index is 6.42. The lowest BCUT2D eigenvalue weighted by Gasteiger charge is -2.26. The summed E-state index contributed by atoms with van der Waals surface area (Å²) in [6.45, 7) is 4.70. The van der Waals surface area contributed by atoms with Crippen LogP contribution in [-0.4, -0.2) is 16.7 Å². The zero-order valence-electron chi connectivity index (χ0n) is 18.6. The van der Waals surface area contributed by atoms with E-state index in [2.05, 4.69) is 46.4 Å². The van der Waals surface area contributed by atoms with E-state index in [-0.39, 0.29) is 12.1 Å². The van der Waals surface area contributed by atoms with Crippen LogP contribution in [0.4, 0.5) is 5.69 Å². The molecule has 3 heterocycles. The third-order valence-electron chi connectivity index (χ3n) is 5.78. The van der Waals surface area contributed by atoms with E-state index in [4.69, 9.17) is 21.4 Å². The minimum Gasteiger partial charge on any atom is -0.494 e. The number of benzene rings is 2. The van der Waals surface area contributed by atoms with Crippen molar-refractivity contribution in [2.75, 3.05) is 11.5 Å². The molecule has 1 saturated heterocycles. The summed E-state index contributed by atoms with van der Waals surface area (Å²) in [4.78, 5) is 6.72. The van der Waals surface area contributed by atoms with E-state index >= 15 is 0 Å². The van der Waals surface area contributed by atoms with Crippen molar-refractivity contribution in [3.05, 3.63) is 102 Å². The number of nitrogens with zero attached hydrogens (tertiary/aromatic N) is 2. The molecule has 0 radical (unpaired) electrons. The van der Waals surface area contributed by atoms with Crippen LogP contribution < -0.4 is 15.0 Å². The zero-order chi connectivity index (χ0) is 22.8. The first-order valence-electron chi connectivity index (χ1n) is 11.0. The molecular formula is C27H25N3O2S. The van der Waals surface area contributed by atoms with Crippen LogP contribution in [0, 0.1) is 6.92 Å². The number of rotatable bonds is 6. The van der Waals surface area contributed by atoms with E-state index in [9.17, 15) is 0 Å². The molecule has 1 N–H and O–H groups in total. The Hall–Kier alpha value is -3.64. The first kappa shape index (κ1) is 21.2. The first-order valence-corrected chi connectivity index (χ1v) is 11.4. The van der Waals surface area contributed by atoms with Crippen molar-refractivity contribution in [2.45, 2.75) is 25.9 Å². The Morgan fingerprint density at radius 2 is 1.79 bits per heavy atom. The summed E-state index contributed by atoms with van der Waals surface area (Å²) in [5.41, 5.74) is 4.12. The van der Waals surface area contributed by atoms with E-state index in [1.807, 2.05) is 61.5 Å². The molecule has 1 fully saturated rings. The summed E-state index contributed by atoms with van der Waals surface area (Å²) in [5, 5.41) is 4.12. The Balaban J connectivity index is 1.54. The highest BCUT2D eigenvalue weighted by Gasteiger charge is 2.42. The Morgan fingerprint density at radius 1 is 1.00 bits per heavy atom. The van der Waals surface area contributed by atoms with E-state index in [1.54, 1.807) is 6.20 Å². The Morgan fingerprint density at radius 3 is 2.48 bits per heavy atom. The molecule has 166 valence electrons. The molecule has 33 heavy (non-hydrogen) atoms. The molecule has 0 aliphatic carbocycles. The second-order valence-electron chi connectivity index (χ2n) is 7.99. The number of hydrogen-bond donors (Lipinski definition) is 1. The number of anilines is 1. The minimum atomic E-state index is -0.174. The van der Waals surface area contributed by atoms with Gasteiger partial charge in [-0.1, -0.05) is 23.8 Å². The molecule has 2 unspecified atom stereocenters. The fraction of sp³-hybridized carbons (Fsp3) is 0.185. The van der Waals surface area contributed by atoms with Crippen LogP contribution >= 0.6 is 12.2 Å². The van der Waals surface area contributed by atoms with Gasteiger partial charge in [0.25, 0.3) is 0 Å². The van der Waals surface area contributed by atoms with Crippen molar-refractivity contribution in [1.82, 2.24) is 10.3 Å². The van der Waals surface area contributed by atoms with Gasteiger partial charge in [0.1, 0.15) is 23.3 Å². The highest BCUT2D eigenvalue weighted by Crippen LogP contribution is 2.43. The molecule has 5 nitrogen and oxygen atoms in total. The molecule has 2 aromatic carbocycles. The topological polar surface area (TPSA) is 50.5 Å².